The van der Waals surface area contributed by atoms with Crippen LogP contribution in [0.3, 0.4) is 0 Å². The first kappa shape index (κ1) is 7.39. The monoisotopic (exact) mass is 175 g/mol. The molecule has 0 aliphatic carbocycles. The molecular formula is C11H13NO. The highest BCUT2D eigenvalue weighted by atomic mass is 16.5. The third kappa shape index (κ3) is 1.13. The van der Waals surface area contributed by atoms with Crippen LogP contribution in [-0.4, -0.2) is 19.3 Å². The van der Waals surface area contributed by atoms with E-state index in [0.29, 0.717) is 12.0 Å². The summed E-state index contributed by atoms with van der Waals surface area (Å²) in [5.41, 5.74) is 2.74. The normalized spacial score (nSPS) is 30.5. The van der Waals surface area contributed by atoms with Crippen LogP contribution in [0.5, 0.6) is 0 Å². The molecule has 2 aliphatic heterocycles. The van der Waals surface area contributed by atoms with Crippen LogP contribution in [0.1, 0.15) is 5.56 Å². The molecule has 0 bridgehead atoms. The van der Waals surface area contributed by atoms with Gasteiger partial charge in [0.2, 0.25) is 0 Å². The number of ether oxygens (including phenoxy) is 1. The average molecular weight is 175 g/mol. The molecule has 2 heteroatoms. The van der Waals surface area contributed by atoms with Gasteiger partial charge in [0, 0.05) is 11.6 Å². The second-order valence-electron chi connectivity index (χ2n) is 3.91. The van der Waals surface area contributed by atoms with Crippen LogP contribution in [0.25, 0.3) is 0 Å². The number of fused-ring (bicyclic) bond motifs is 2. The van der Waals surface area contributed by atoms with E-state index in [0.717, 1.165) is 13.2 Å². The van der Waals surface area contributed by atoms with Crippen LogP contribution in [0.4, 0.5) is 5.69 Å². The minimum Gasteiger partial charge on any atom is -0.379 e. The number of rotatable bonds is 0. The number of benzene rings is 1. The van der Waals surface area contributed by atoms with Crippen LogP contribution < -0.4 is 5.32 Å². The number of nitrogens with one attached hydrogen (secondary N) is 1. The summed E-state index contributed by atoms with van der Waals surface area (Å²) in [6, 6.07) is 9.11. The van der Waals surface area contributed by atoms with Crippen LogP contribution in [0.15, 0.2) is 24.3 Å². The fourth-order valence-corrected chi connectivity index (χ4v) is 2.28. The van der Waals surface area contributed by atoms with Crippen LogP contribution in [0.2, 0.25) is 0 Å². The van der Waals surface area contributed by atoms with Gasteiger partial charge in [0.1, 0.15) is 0 Å². The molecule has 13 heavy (non-hydrogen) atoms. The average Bonchev–Trinajstić information content (AvgIpc) is 2.61. The second-order valence-corrected chi connectivity index (χ2v) is 3.91. The van der Waals surface area contributed by atoms with E-state index in [4.69, 9.17) is 4.74 Å². The minimum atomic E-state index is 0.551. The first-order valence-electron chi connectivity index (χ1n) is 4.86. The van der Waals surface area contributed by atoms with Gasteiger partial charge in [0.15, 0.2) is 0 Å². The molecule has 1 fully saturated rings. The van der Waals surface area contributed by atoms with Gasteiger partial charge in [0.25, 0.3) is 0 Å². The Bertz CT molecular complexity index is 293. The smallest absolute Gasteiger partial charge is 0.0671 e. The summed E-state index contributed by atoms with van der Waals surface area (Å²) in [6.07, 6.45) is 1.17. The van der Waals surface area contributed by atoms with E-state index in [1.807, 2.05) is 0 Å². The number of hydrogen-bond donors (Lipinski definition) is 1. The van der Waals surface area contributed by atoms with Gasteiger partial charge in [-0.25, -0.2) is 0 Å². The molecule has 1 saturated heterocycles. The van der Waals surface area contributed by atoms with Gasteiger partial charge < -0.3 is 10.1 Å². The Kier molecular flexibility index (Phi) is 1.56. The summed E-state index contributed by atoms with van der Waals surface area (Å²) in [7, 11) is 0. The van der Waals surface area contributed by atoms with Crippen molar-refractivity contribution in [3.8, 4) is 0 Å². The highest BCUT2D eigenvalue weighted by Crippen LogP contribution is 2.31. The fourth-order valence-electron chi connectivity index (χ4n) is 2.28. The van der Waals surface area contributed by atoms with Crippen molar-refractivity contribution in [2.45, 2.75) is 12.5 Å². The van der Waals surface area contributed by atoms with E-state index in [9.17, 15) is 0 Å². The number of hydrogen-bond acceptors (Lipinski definition) is 2. The molecular weight excluding hydrogens is 162 g/mol. The van der Waals surface area contributed by atoms with Crippen molar-refractivity contribution in [1.82, 2.24) is 0 Å². The zero-order valence-electron chi connectivity index (χ0n) is 7.49. The summed E-state index contributed by atoms with van der Waals surface area (Å²) in [4.78, 5) is 0. The summed E-state index contributed by atoms with van der Waals surface area (Å²) in [5.74, 6) is 0.690. The van der Waals surface area contributed by atoms with E-state index in [1.54, 1.807) is 0 Å². The molecule has 0 spiro atoms. The quantitative estimate of drug-likeness (QED) is 0.647. The molecule has 0 amide bonds. The van der Waals surface area contributed by atoms with Crippen LogP contribution in [-0.2, 0) is 11.2 Å². The lowest BCUT2D eigenvalue weighted by Gasteiger charge is -2.27. The molecule has 0 saturated carbocycles. The van der Waals surface area contributed by atoms with E-state index in [1.165, 1.54) is 17.7 Å². The van der Waals surface area contributed by atoms with Gasteiger partial charge in [-0.15, -0.1) is 0 Å². The molecule has 1 aromatic carbocycles. The van der Waals surface area contributed by atoms with Gasteiger partial charge in [-0.3, -0.25) is 0 Å². The Morgan fingerprint density at radius 2 is 2.15 bits per heavy atom. The van der Waals surface area contributed by atoms with Gasteiger partial charge in [-0.2, -0.15) is 0 Å². The zero-order chi connectivity index (χ0) is 8.67. The Morgan fingerprint density at radius 1 is 1.23 bits per heavy atom. The van der Waals surface area contributed by atoms with Crippen molar-refractivity contribution in [1.29, 1.82) is 0 Å². The lowest BCUT2D eigenvalue weighted by atomic mass is 9.90. The Balaban J connectivity index is 1.97. The predicted molar refractivity (Wildman–Crippen MR) is 51.9 cm³/mol. The summed E-state index contributed by atoms with van der Waals surface area (Å²) in [6.45, 7) is 1.80. The van der Waals surface area contributed by atoms with E-state index < -0.39 is 0 Å². The Hall–Kier alpha value is -1.02. The molecule has 0 radical (unpaired) electrons. The molecule has 2 unspecified atom stereocenters. The van der Waals surface area contributed by atoms with E-state index >= 15 is 0 Å². The van der Waals surface area contributed by atoms with Crippen molar-refractivity contribution in [2.24, 2.45) is 5.92 Å². The molecule has 0 aromatic heterocycles. The summed E-state index contributed by atoms with van der Waals surface area (Å²) >= 11 is 0. The van der Waals surface area contributed by atoms with E-state index in [-0.39, 0.29) is 0 Å². The topological polar surface area (TPSA) is 21.3 Å². The lowest BCUT2D eigenvalue weighted by Crippen LogP contribution is -2.33. The van der Waals surface area contributed by atoms with Gasteiger partial charge >= 0.3 is 0 Å². The maximum absolute atomic E-state index is 5.46. The molecule has 2 heterocycles. The maximum Gasteiger partial charge on any atom is 0.0671 e. The van der Waals surface area contributed by atoms with Crippen molar-refractivity contribution in [3.05, 3.63) is 29.8 Å². The summed E-state index contributed by atoms with van der Waals surface area (Å²) in [5, 5.41) is 3.53. The molecule has 2 nitrogen and oxygen atoms in total. The van der Waals surface area contributed by atoms with Crippen LogP contribution in [0, 0.1) is 5.92 Å². The maximum atomic E-state index is 5.46. The SMILES string of the molecule is c1ccc2c(c1)CC1COCC1N2. The molecule has 2 aliphatic rings. The standard InChI is InChI=1S/C11H13NO/c1-2-4-10-8(3-1)5-9-6-13-7-11(9)12-10/h1-4,9,11-12H,5-7H2. The molecule has 68 valence electrons. The Morgan fingerprint density at radius 3 is 3.15 bits per heavy atom. The number of para-hydroxylation sites is 1. The Labute approximate surface area is 77.9 Å². The first-order chi connectivity index (χ1) is 6.43. The largest absolute Gasteiger partial charge is 0.379 e. The first-order valence-corrected chi connectivity index (χ1v) is 4.86. The van der Waals surface area contributed by atoms with Crippen molar-refractivity contribution >= 4 is 5.69 Å². The van der Waals surface area contributed by atoms with Gasteiger partial charge in [0.05, 0.1) is 19.3 Å². The number of anilines is 1. The van der Waals surface area contributed by atoms with Gasteiger partial charge in [-0.05, 0) is 18.1 Å². The van der Waals surface area contributed by atoms with Crippen LogP contribution >= 0.6 is 0 Å². The highest BCUT2D eigenvalue weighted by Gasteiger charge is 2.32. The zero-order valence-corrected chi connectivity index (χ0v) is 7.49. The second kappa shape index (κ2) is 2.74. The van der Waals surface area contributed by atoms with Crippen molar-refractivity contribution < 1.29 is 4.74 Å². The lowest BCUT2D eigenvalue weighted by molar-refractivity contribution is 0.185. The van der Waals surface area contributed by atoms with E-state index in [2.05, 4.69) is 29.6 Å². The van der Waals surface area contributed by atoms with Gasteiger partial charge in [-0.1, -0.05) is 18.2 Å². The molecule has 1 N–H and O–H groups in total. The van der Waals surface area contributed by atoms with Crippen molar-refractivity contribution in [3.63, 3.8) is 0 Å². The third-order valence-electron chi connectivity index (χ3n) is 3.04. The molecule has 3 rings (SSSR count). The molecule has 1 aromatic rings. The minimum absolute atomic E-state index is 0.551. The fraction of sp³-hybridized carbons (Fsp3) is 0.455. The third-order valence-corrected chi connectivity index (χ3v) is 3.04. The molecule has 2 atom stereocenters. The predicted octanol–water partition coefficient (Wildman–Crippen LogP) is 1.67. The highest BCUT2D eigenvalue weighted by molar-refractivity contribution is 5.54. The van der Waals surface area contributed by atoms with Crippen molar-refractivity contribution in [2.75, 3.05) is 18.5 Å². The summed E-state index contributed by atoms with van der Waals surface area (Å²) < 4.78 is 5.46.